The zero-order chi connectivity index (χ0) is 23.2. The van der Waals surface area contributed by atoms with Crippen LogP contribution in [0, 0.1) is 0 Å². The van der Waals surface area contributed by atoms with Crippen LogP contribution in [0.15, 0.2) is 61.1 Å². The molecule has 7 heteroatoms. The zero-order valence-corrected chi connectivity index (χ0v) is 19.5. The summed E-state index contributed by atoms with van der Waals surface area (Å²) in [5.74, 6) is 0.407. The van der Waals surface area contributed by atoms with Gasteiger partial charge in [0.2, 0.25) is 0 Å². The molecule has 1 fully saturated rings. The Balaban J connectivity index is 1.24. The summed E-state index contributed by atoms with van der Waals surface area (Å²) in [7, 11) is 0. The third kappa shape index (κ3) is 5.37. The van der Waals surface area contributed by atoms with Crippen molar-refractivity contribution in [3.63, 3.8) is 0 Å². The number of nitrogens with one attached hydrogen (secondary N) is 2. The quantitative estimate of drug-likeness (QED) is 0.530. The van der Waals surface area contributed by atoms with Crippen LogP contribution in [0.25, 0.3) is 0 Å². The van der Waals surface area contributed by atoms with Gasteiger partial charge in [0.05, 0.1) is 5.56 Å². The second-order valence-electron chi connectivity index (χ2n) is 9.05. The molecule has 2 aliphatic heterocycles. The van der Waals surface area contributed by atoms with E-state index in [0.717, 1.165) is 37.3 Å². The van der Waals surface area contributed by atoms with Gasteiger partial charge in [-0.05, 0) is 79.9 Å². The van der Waals surface area contributed by atoms with Crippen LogP contribution in [0.5, 0.6) is 0 Å². The Morgan fingerprint density at radius 1 is 0.941 bits per heavy atom. The van der Waals surface area contributed by atoms with Crippen molar-refractivity contribution in [2.75, 3.05) is 48.3 Å². The molecule has 1 aromatic carbocycles. The lowest BCUT2D eigenvalue weighted by molar-refractivity contribution is 0.102. The summed E-state index contributed by atoms with van der Waals surface area (Å²) >= 11 is 0. The average Bonchev–Trinajstić information content (AvgIpc) is 3.30. The first kappa shape index (κ1) is 22.3. The number of pyridine rings is 2. The van der Waals surface area contributed by atoms with Gasteiger partial charge < -0.3 is 20.4 Å². The van der Waals surface area contributed by atoms with Crippen LogP contribution in [0.1, 0.15) is 40.7 Å². The number of amides is 1. The first-order valence-corrected chi connectivity index (χ1v) is 12.3. The Bertz CT molecular complexity index is 1110. The molecular formula is C27H32N6O. The molecule has 3 aromatic rings. The molecule has 1 amide bonds. The van der Waals surface area contributed by atoms with Gasteiger partial charge in [-0.2, -0.15) is 0 Å². The first-order valence-electron chi connectivity index (χ1n) is 12.3. The maximum atomic E-state index is 13.1. The number of aromatic nitrogens is 2. The van der Waals surface area contributed by atoms with Crippen LogP contribution >= 0.6 is 0 Å². The number of carbonyl (C=O) groups excluding carboxylic acids is 1. The fraction of sp³-hybridized carbons (Fsp3) is 0.370. The van der Waals surface area contributed by atoms with Crippen LogP contribution in [0.3, 0.4) is 0 Å². The molecule has 5 rings (SSSR count). The highest BCUT2D eigenvalue weighted by molar-refractivity contribution is 6.07. The van der Waals surface area contributed by atoms with Crippen molar-refractivity contribution in [1.82, 2.24) is 14.9 Å². The number of piperidine rings is 1. The van der Waals surface area contributed by atoms with Crippen molar-refractivity contribution in [2.24, 2.45) is 0 Å². The number of hydrogen-bond acceptors (Lipinski definition) is 6. The Hall–Kier alpha value is -3.45. The van der Waals surface area contributed by atoms with Crippen molar-refractivity contribution in [3.8, 4) is 0 Å². The number of benzene rings is 1. The molecule has 0 atom stereocenters. The molecule has 176 valence electrons. The smallest absolute Gasteiger partial charge is 0.259 e. The van der Waals surface area contributed by atoms with Crippen LogP contribution in [0.4, 0.5) is 17.2 Å². The van der Waals surface area contributed by atoms with Gasteiger partial charge in [0.1, 0.15) is 5.82 Å². The highest BCUT2D eigenvalue weighted by Crippen LogP contribution is 2.31. The lowest BCUT2D eigenvalue weighted by atomic mass is 10.1. The second-order valence-corrected chi connectivity index (χ2v) is 9.05. The van der Waals surface area contributed by atoms with Crippen molar-refractivity contribution in [3.05, 3.63) is 77.7 Å². The van der Waals surface area contributed by atoms with Crippen LogP contribution in [-0.2, 0) is 13.0 Å². The molecule has 0 saturated carbocycles. The van der Waals surface area contributed by atoms with Gasteiger partial charge in [-0.3, -0.25) is 9.78 Å². The minimum atomic E-state index is -0.164. The van der Waals surface area contributed by atoms with Gasteiger partial charge in [-0.1, -0.05) is 12.5 Å². The molecule has 0 aliphatic carbocycles. The molecule has 0 spiro atoms. The van der Waals surface area contributed by atoms with E-state index >= 15 is 0 Å². The molecule has 1 saturated heterocycles. The van der Waals surface area contributed by atoms with Crippen LogP contribution in [0.2, 0.25) is 0 Å². The maximum absolute atomic E-state index is 13.1. The average molecular weight is 457 g/mol. The normalized spacial score (nSPS) is 15.7. The lowest BCUT2D eigenvalue weighted by Gasteiger charge is -2.29. The number of carbonyl (C=O) groups is 1. The topological polar surface area (TPSA) is 73.4 Å². The van der Waals surface area contributed by atoms with Crippen LogP contribution in [-0.4, -0.2) is 53.5 Å². The van der Waals surface area contributed by atoms with Crippen LogP contribution < -0.4 is 15.5 Å². The summed E-state index contributed by atoms with van der Waals surface area (Å²) in [4.78, 5) is 26.6. The molecular weight excluding hydrogens is 424 g/mol. The lowest BCUT2D eigenvalue weighted by Crippen LogP contribution is -2.37. The van der Waals surface area contributed by atoms with Crippen molar-refractivity contribution in [2.45, 2.75) is 32.2 Å². The maximum Gasteiger partial charge on any atom is 0.259 e. The third-order valence-electron chi connectivity index (χ3n) is 6.73. The number of likely N-dealkylation sites (tertiary alicyclic amines) is 1. The molecule has 4 heterocycles. The van der Waals surface area contributed by atoms with Gasteiger partial charge in [-0.15, -0.1) is 0 Å². The zero-order valence-electron chi connectivity index (χ0n) is 19.5. The van der Waals surface area contributed by atoms with E-state index in [1.807, 2.05) is 18.2 Å². The fourth-order valence-electron chi connectivity index (χ4n) is 4.81. The summed E-state index contributed by atoms with van der Waals surface area (Å²) in [6.07, 6.45) is 10.3. The number of anilines is 3. The predicted octanol–water partition coefficient (Wildman–Crippen LogP) is 4.19. The Morgan fingerprint density at radius 2 is 1.79 bits per heavy atom. The number of nitrogens with zero attached hydrogens (tertiary/aromatic N) is 4. The molecule has 2 aliphatic rings. The number of rotatable bonds is 8. The SMILES string of the molecule is O=C(Nc1ccc2c(c1)N(CCN1CCCCC1)CC2)c1cccnc1NCc1ccncc1. The molecule has 0 bridgehead atoms. The third-order valence-corrected chi connectivity index (χ3v) is 6.73. The summed E-state index contributed by atoms with van der Waals surface area (Å²) in [6, 6.07) is 13.8. The van der Waals surface area contributed by atoms with Gasteiger partial charge >= 0.3 is 0 Å². The monoisotopic (exact) mass is 456 g/mol. The second kappa shape index (κ2) is 10.7. The molecule has 0 radical (unpaired) electrons. The number of fused-ring (bicyclic) bond motifs is 1. The molecule has 2 N–H and O–H groups in total. The Morgan fingerprint density at radius 3 is 2.65 bits per heavy atom. The summed E-state index contributed by atoms with van der Waals surface area (Å²) < 4.78 is 0. The Kier molecular flexibility index (Phi) is 7.00. The first-order chi connectivity index (χ1) is 16.8. The summed E-state index contributed by atoms with van der Waals surface area (Å²) in [5.41, 5.74) is 5.03. The van der Waals surface area contributed by atoms with E-state index in [9.17, 15) is 4.79 Å². The molecule has 34 heavy (non-hydrogen) atoms. The van der Waals surface area contributed by atoms with Gasteiger partial charge in [0.15, 0.2) is 0 Å². The van der Waals surface area contributed by atoms with E-state index in [1.165, 1.54) is 43.6 Å². The fourth-order valence-corrected chi connectivity index (χ4v) is 4.81. The molecule has 7 nitrogen and oxygen atoms in total. The summed E-state index contributed by atoms with van der Waals surface area (Å²) in [6.45, 7) is 6.21. The molecule has 0 unspecified atom stereocenters. The van der Waals surface area contributed by atoms with E-state index in [2.05, 4.69) is 42.5 Å². The standard InChI is InChI=1S/C27H32N6O/c34-27(24-5-4-11-29-26(24)30-20-21-8-12-28-13-9-21)31-23-7-6-22-10-16-33(25(22)19-23)18-17-32-14-2-1-3-15-32/h4-9,11-13,19H,1-3,10,14-18,20H2,(H,29,30)(H,31,34). The van der Waals surface area contributed by atoms with Gasteiger partial charge in [0, 0.05) is 56.1 Å². The number of hydrogen-bond donors (Lipinski definition) is 2. The predicted molar refractivity (Wildman–Crippen MR) is 136 cm³/mol. The highest BCUT2D eigenvalue weighted by atomic mass is 16.1. The minimum Gasteiger partial charge on any atom is -0.370 e. The van der Waals surface area contributed by atoms with E-state index in [0.29, 0.717) is 17.9 Å². The van der Waals surface area contributed by atoms with Crippen molar-refractivity contribution in [1.29, 1.82) is 0 Å². The minimum absolute atomic E-state index is 0.164. The van der Waals surface area contributed by atoms with Crippen molar-refractivity contribution < 1.29 is 4.79 Å². The van der Waals surface area contributed by atoms with Gasteiger partial charge in [0.25, 0.3) is 5.91 Å². The highest BCUT2D eigenvalue weighted by Gasteiger charge is 2.21. The largest absolute Gasteiger partial charge is 0.370 e. The Labute approximate surface area is 201 Å². The van der Waals surface area contributed by atoms with E-state index in [4.69, 9.17) is 0 Å². The van der Waals surface area contributed by atoms with Crippen molar-refractivity contribution >= 4 is 23.1 Å². The summed E-state index contributed by atoms with van der Waals surface area (Å²) in [5, 5.41) is 6.37. The van der Waals surface area contributed by atoms with Gasteiger partial charge in [-0.25, -0.2) is 4.98 Å². The van der Waals surface area contributed by atoms with E-state index in [1.54, 1.807) is 30.7 Å². The van der Waals surface area contributed by atoms with E-state index < -0.39 is 0 Å². The van der Waals surface area contributed by atoms with E-state index in [-0.39, 0.29) is 5.91 Å². The molecule has 2 aromatic heterocycles.